The molecular weight excluding hydrogens is 271 g/mol. The summed E-state index contributed by atoms with van der Waals surface area (Å²) in [6.07, 6.45) is 0.375. The summed E-state index contributed by atoms with van der Waals surface area (Å²) < 4.78 is 18.2. The molecule has 0 unspecified atom stereocenters. The number of hydrogen-bond donors (Lipinski definition) is 2. The van der Waals surface area contributed by atoms with Crippen molar-refractivity contribution in [3.63, 3.8) is 0 Å². The van der Waals surface area contributed by atoms with Crippen molar-refractivity contribution in [1.82, 2.24) is 10.6 Å². The van der Waals surface area contributed by atoms with E-state index >= 15 is 0 Å². The standard InChI is InChI=1S/C16H25FN2O2/c1-12(13-7-5-8-14(17)11-13)18-9-6-10-19-15(20)21-16(2,3)4/h5,7-8,11-12,18H,6,9-10H2,1-4H3,(H,19,20)/t12-/m0/s1. The number of alkyl carbamates (subject to hydrolysis) is 1. The van der Waals surface area contributed by atoms with Gasteiger partial charge in [-0.3, -0.25) is 0 Å². The Balaban J connectivity index is 2.18. The van der Waals surface area contributed by atoms with Gasteiger partial charge in [0.25, 0.3) is 0 Å². The molecule has 5 heteroatoms. The predicted octanol–water partition coefficient (Wildman–Crippen LogP) is 3.39. The number of hydrogen-bond acceptors (Lipinski definition) is 3. The highest BCUT2D eigenvalue weighted by atomic mass is 19.1. The van der Waals surface area contributed by atoms with Crippen molar-refractivity contribution in [2.24, 2.45) is 0 Å². The number of nitrogens with one attached hydrogen (secondary N) is 2. The molecule has 1 atom stereocenters. The fourth-order valence-electron chi connectivity index (χ4n) is 1.81. The molecule has 1 aromatic rings. The van der Waals surface area contributed by atoms with Crippen LogP contribution in [-0.2, 0) is 4.74 Å². The van der Waals surface area contributed by atoms with Gasteiger partial charge in [-0.1, -0.05) is 12.1 Å². The third-order valence-corrected chi connectivity index (χ3v) is 2.82. The van der Waals surface area contributed by atoms with E-state index in [4.69, 9.17) is 4.74 Å². The molecule has 0 spiro atoms. The van der Waals surface area contributed by atoms with Gasteiger partial charge in [-0.25, -0.2) is 9.18 Å². The zero-order valence-electron chi connectivity index (χ0n) is 13.2. The summed E-state index contributed by atoms with van der Waals surface area (Å²) in [5.74, 6) is -0.229. The third-order valence-electron chi connectivity index (χ3n) is 2.82. The van der Waals surface area contributed by atoms with Crippen LogP contribution in [0.3, 0.4) is 0 Å². The number of halogens is 1. The lowest BCUT2D eigenvalue weighted by atomic mass is 10.1. The highest BCUT2D eigenvalue weighted by Crippen LogP contribution is 2.13. The number of carbonyl (C=O) groups excluding carboxylic acids is 1. The second kappa shape index (κ2) is 7.98. The molecule has 0 aliphatic rings. The molecule has 0 saturated heterocycles. The lowest BCUT2D eigenvalue weighted by Crippen LogP contribution is -2.34. The van der Waals surface area contributed by atoms with Crippen LogP contribution in [0.25, 0.3) is 0 Å². The maximum Gasteiger partial charge on any atom is 0.407 e. The van der Waals surface area contributed by atoms with Crippen LogP contribution in [0.1, 0.15) is 45.7 Å². The molecule has 1 aromatic carbocycles. The van der Waals surface area contributed by atoms with Gasteiger partial charge in [0, 0.05) is 12.6 Å². The molecule has 0 bridgehead atoms. The quantitative estimate of drug-likeness (QED) is 0.791. The summed E-state index contributed by atoms with van der Waals surface area (Å²) in [6.45, 7) is 8.74. The van der Waals surface area contributed by atoms with Crippen LogP contribution >= 0.6 is 0 Å². The van der Waals surface area contributed by atoms with Crippen LogP contribution in [0, 0.1) is 5.82 Å². The molecule has 21 heavy (non-hydrogen) atoms. The van der Waals surface area contributed by atoms with Gasteiger partial charge in [-0.05, 0) is 58.4 Å². The molecule has 118 valence electrons. The second-order valence-corrected chi connectivity index (χ2v) is 6.01. The van der Waals surface area contributed by atoms with Crippen LogP contribution in [0.5, 0.6) is 0 Å². The van der Waals surface area contributed by atoms with Gasteiger partial charge >= 0.3 is 6.09 Å². The van der Waals surface area contributed by atoms with Gasteiger partial charge < -0.3 is 15.4 Å². The molecular formula is C16H25FN2O2. The van der Waals surface area contributed by atoms with Gasteiger partial charge in [0.15, 0.2) is 0 Å². The van der Waals surface area contributed by atoms with E-state index in [0.29, 0.717) is 6.54 Å². The van der Waals surface area contributed by atoms with Crippen molar-refractivity contribution < 1.29 is 13.9 Å². The Morgan fingerprint density at radius 2 is 2.05 bits per heavy atom. The molecule has 2 N–H and O–H groups in total. The number of rotatable bonds is 6. The summed E-state index contributed by atoms with van der Waals surface area (Å²) >= 11 is 0. The van der Waals surface area contributed by atoms with Crippen LogP contribution in [0.2, 0.25) is 0 Å². The van der Waals surface area contributed by atoms with Crippen LogP contribution in [0.4, 0.5) is 9.18 Å². The van der Waals surface area contributed by atoms with E-state index in [9.17, 15) is 9.18 Å². The molecule has 0 aliphatic carbocycles. The zero-order valence-corrected chi connectivity index (χ0v) is 13.2. The Morgan fingerprint density at radius 1 is 1.33 bits per heavy atom. The molecule has 0 saturated carbocycles. The van der Waals surface area contributed by atoms with Crippen LogP contribution in [-0.4, -0.2) is 24.8 Å². The van der Waals surface area contributed by atoms with E-state index in [1.807, 2.05) is 33.8 Å². The van der Waals surface area contributed by atoms with E-state index in [2.05, 4.69) is 10.6 Å². The number of benzene rings is 1. The molecule has 0 heterocycles. The van der Waals surface area contributed by atoms with Crippen LogP contribution < -0.4 is 10.6 Å². The Labute approximate surface area is 126 Å². The van der Waals surface area contributed by atoms with Crippen molar-refractivity contribution in [1.29, 1.82) is 0 Å². The second-order valence-electron chi connectivity index (χ2n) is 6.01. The average Bonchev–Trinajstić information content (AvgIpc) is 2.36. The summed E-state index contributed by atoms with van der Waals surface area (Å²) in [6, 6.07) is 6.62. The minimum atomic E-state index is -0.478. The lowest BCUT2D eigenvalue weighted by molar-refractivity contribution is 0.0527. The Kier molecular flexibility index (Phi) is 6.62. The smallest absolute Gasteiger partial charge is 0.407 e. The van der Waals surface area contributed by atoms with Gasteiger partial charge in [0.1, 0.15) is 11.4 Å². The Hall–Kier alpha value is -1.62. The summed E-state index contributed by atoms with van der Waals surface area (Å²) in [4.78, 5) is 11.4. The predicted molar refractivity (Wildman–Crippen MR) is 81.7 cm³/mol. The van der Waals surface area contributed by atoms with Crippen LogP contribution in [0.15, 0.2) is 24.3 Å². The van der Waals surface area contributed by atoms with Gasteiger partial charge in [-0.2, -0.15) is 0 Å². The molecule has 1 amide bonds. The maximum absolute atomic E-state index is 13.1. The molecule has 0 aliphatic heterocycles. The van der Waals surface area contributed by atoms with Crippen molar-refractivity contribution in [3.05, 3.63) is 35.6 Å². The fourth-order valence-corrected chi connectivity index (χ4v) is 1.81. The zero-order chi connectivity index (χ0) is 15.9. The van der Waals surface area contributed by atoms with E-state index in [0.717, 1.165) is 18.5 Å². The highest BCUT2D eigenvalue weighted by molar-refractivity contribution is 5.67. The monoisotopic (exact) mass is 296 g/mol. The topological polar surface area (TPSA) is 50.4 Å². The minimum absolute atomic E-state index is 0.0715. The van der Waals surface area contributed by atoms with Crippen molar-refractivity contribution in [3.8, 4) is 0 Å². The third kappa shape index (κ3) is 7.66. The molecule has 0 radical (unpaired) electrons. The first kappa shape index (κ1) is 17.4. The first-order valence-corrected chi connectivity index (χ1v) is 7.23. The lowest BCUT2D eigenvalue weighted by Gasteiger charge is -2.20. The molecule has 1 rings (SSSR count). The Bertz CT molecular complexity index is 458. The maximum atomic E-state index is 13.1. The number of amides is 1. The van der Waals surface area contributed by atoms with Gasteiger partial charge in [0.2, 0.25) is 0 Å². The first-order chi connectivity index (χ1) is 9.78. The van der Waals surface area contributed by atoms with E-state index in [-0.39, 0.29) is 11.9 Å². The average molecular weight is 296 g/mol. The summed E-state index contributed by atoms with van der Waals surface area (Å²) in [5.41, 5.74) is 0.434. The number of carbonyl (C=O) groups is 1. The first-order valence-electron chi connectivity index (χ1n) is 7.23. The SMILES string of the molecule is C[C@H](NCCCNC(=O)OC(C)(C)C)c1cccc(F)c1. The molecule has 4 nitrogen and oxygen atoms in total. The van der Waals surface area contributed by atoms with Gasteiger partial charge in [0.05, 0.1) is 0 Å². The largest absolute Gasteiger partial charge is 0.444 e. The van der Waals surface area contributed by atoms with E-state index in [1.165, 1.54) is 12.1 Å². The van der Waals surface area contributed by atoms with Gasteiger partial charge in [-0.15, -0.1) is 0 Å². The minimum Gasteiger partial charge on any atom is -0.444 e. The van der Waals surface area contributed by atoms with Crippen molar-refractivity contribution in [2.75, 3.05) is 13.1 Å². The summed E-state index contributed by atoms with van der Waals surface area (Å²) in [5, 5.41) is 5.99. The molecule has 0 fully saturated rings. The van der Waals surface area contributed by atoms with Crippen molar-refractivity contribution >= 4 is 6.09 Å². The summed E-state index contributed by atoms with van der Waals surface area (Å²) in [7, 11) is 0. The molecule has 0 aromatic heterocycles. The normalized spacial score (nSPS) is 12.8. The van der Waals surface area contributed by atoms with E-state index in [1.54, 1.807) is 6.07 Å². The van der Waals surface area contributed by atoms with E-state index < -0.39 is 11.7 Å². The fraction of sp³-hybridized carbons (Fsp3) is 0.562. The highest BCUT2D eigenvalue weighted by Gasteiger charge is 2.15. The Morgan fingerprint density at radius 3 is 2.67 bits per heavy atom. The van der Waals surface area contributed by atoms with Crippen molar-refractivity contribution in [2.45, 2.75) is 45.8 Å². The number of ether oxygens (including phenoxy) is 1.